The van der Waals surface area contributed by atoms with Crippen molar-refractivity contribution in [3.63, 3.8) is 0 Å². The predicted molar refractivity (Wildman–Crippen MR) is 97.7 cm³/mol. The van der Waals surface area contributed by atoms with Gasteiger partial charge in [0.25, 0.3) is 0 Å². The molecule has 1 saturated heterocycles. The number of halogens is 1. The van der Waals surface area contributed by atoms with E-state index in [9.17, 15) is 19.1 Å². The van der Waals surface area contributed by atoms with Crippen molar-refractivity contribution in [2.24, 2.45) is 0 Å². The molecule has 25 heavy (non-hydrogen) atoms. The summed E-state index contributed by atoms with van der Waals surface area (Å²) in [5.74, 6) is 0.221. The van der Waals surface area contributed by atoms with Gasteiger partial charge in [0, 0.05) is 47.8 Å². The second-order valence-corrected chi connectivity index (χ2v) is 7.88. The Balaban J connectivity index is 2.06. The first-order chi connectivity index (χ1) is 12.0. The van der Waals surface area contributed by atoms with E-state index in [-0.39, 0.29) is 17.0 Å². The summed E-state index contributed by atoms with van der Waals surface area (Å²) in [5, 5.41) is 9.50. The number of aryl methyl sites for hydroxylation is 1. The molecule has 2 aromatic rings. The van der Waals surface area contributed by atoms with Crippen LogP contribution in [-0.4, -0.2) is 40.2 Å². The maximum Gasteiger partial charge on any atom is 0.341 e. The molecule has 1 aromatic carbocycles. The first kappa shape index (κ1) is 16.4. The van der Waals surface area contributed by atoms with Crippen LogP contribution >= 0.6 is 11.8 Å². The van der Waals surface area contributed by atoms with Gasteiger partial charge in [0.05, 0.1) is 11.2 Å². The number of anilines is 1. The third kappa shape index (κ3) is 2.52. The lowest BCUT2D eigenvalue weighted by atomic mass is 9.93. The van der Waals surface area contributed by atoms with E-state index in [2.05, 4.69) is 4.90 Å². The number of aromatic carboxylic acids is 1. The molecule has 0 saturated carbocycles. The zero-order valence-corrected chi connectivity index (χ0v) is 14.7. The lowest BCUT2D eigenvalue weighted by Gasteiger charge is -2.34. The maximum atomic E-state index is 15.0. The minimum atomic E-state index is -1.27. The molecule has 0 spiro atoms. The van der Waals surface area contributed by atoms with E-state index in [1.165, 1.54) is 12.3 Å². The van der Waals surface area contributed by atoms with Crippen molar-refractivity contribution in [1.82, 2.24) is 4.57 Å². The van der Waals surface area contributed by atoms with Gasteiger partial charge < -0.3 is 14.6 Å². The summed E-state index contributed by atoms with van der Waals surface area (Å²) in [6, 6.07) is 1.31. The van der Waals surface area contributed by atoms with Crippen molar-refractivity contribution in [1.29, 1.82) is 0 Å². The van der Waals surface area contributed by atoms with E-state index in [1.54, 1.807) is 0 Å². The van der Waals surface area contributed by atoms with Gasteiger partial charge in [-0.05, 0) is 25.8 Å². The Bertz CT molecular complexity index is 934. The van der Waals surface area contributed by atoms with Gasteiger partial charge in [0.15, 0.2) is 0 Å². The number of aromatic nitrogens is 1. The Morgan fingerprint density at radius 1 is 1.36 bits per heavy atom. The van der Waals surface area contributed by atoms with Crippen LogP contribution in [0.3, 0.4) is 0 Å². The van der Waals surface area contributed by atoms with Gasteiger partial charge in [-0.3, -0.25) is 4.79 Å². The number of benzene rings is 1. The summed E-state index contributed by atoms with van der Waals surface area (Å²) in [6.07, 6.45) is 2.91. The number of carboxylic acids is 1. The highest BCUT2D eigenvalue weighted by Crippen LogP contribution is 2.38. The number of rotatable bonds is 2. The van der Waals surface area contributed by atoms with Gasteiger partial charge in [-0.25, -0.2) is 9.18 Å². The van der Waals surface area contributed by atoms with Crippen molar-refractivity contribution in [3.05, 3.63) is 39.4 Å². The van der Waals surface area contributed by atoms with E-state index in [0.717, 1.165) is 36.6 Å². The molecule has 0 radical (unpaired) electrons. The summed E-state index contributed by atoms with van der Waals surface area (Å²) in [7, 11) is 0. The molecule has 2 aliphatic rings. The third-order valence-corrected chi connectivity index (χ3v) is 6.13. The average Bonchev–Trinajstić information content (AvgIpc) is 2.60. The lowest BCUT2D eigenvalue weighted by molar-refractivity contribution is 0.0694. The molecule has 5 nitrogen and oxygen atoms in total. The summed E-state index contributed by atoms with van der Waals surface area (Å²) in [5.41, 5.74) is 1.23. The fourth-order valence-electron chi connectivity index (χ4n) is 3.92. The van der Waals surface area contributed by atoms with Crippen LogP contribution in [-0.2, 0) is 6.42 Å². The number of carboxylic acid groups (broad SMARTS) is 1. The number of pyridine rings is 1. The van der Waals surface area contributed by atoms with Crippen molar-refractivity contribution in [2.45, 2.75) is 25.8 Å². The summed E-state index contributed by atoms with van der Waals surface area (Å²) in [4.78, 5) is 26.1. The molecule has 0 bridgehead atoms. The summed E-state index contributed by atoms with van der Waals surface area (Å²) in [6.45, 7) is 3.57. The molecule has 7 heteroatoms. The molecule has 0 aliphatic carbocycles. The smallest absolute Gasteiger partial charge is 0.341 e. The predicted octanol–water partition coefficient (Wildman–Crippen LogP) is 2.90. The summed E-state index contributed by atoms with van der Waals surface area (Å²) < 4.78 is 16.8. The molecule has 132 valence electrons. The van der Waals surface area contributed by atoms with Crippen LogP contribution < -0.4 is 10.3 Å². The molecule has 1 fully saturated rings. The Hall–Kier alpha value is -2.02. The molecular weight excluding hydrogens is 343 g/mol. The number of thioether (sulfide) groups is 1. The lowest BCUT2D eigenvalue weighted by Crippen LogP contribution is -2.35. The topological polar surface area (TPSA) is 62.5 Å². The Labute approximate surface area is 148 Å². The zero-order valence-electron chi connectivity index (χ0n) is 13.9. The largest absolute Gasteiger partial charge is 0.477 e. The van der Waals surface area contributed by atoms with Crippen LogP contribution in [0.2, 0.25) is 0 Å². The Kier molecular flexibility index (Phi) is 3.98. The van der Waals surface area contributed by atoms with E-state index >= 15 is 0 Å². The second-order valence-electron chi connectivity index (χ2n) is 6.65. The van der Waals surface area contributed by atoms with Gasteiger partial charge >= 0.3 is 5.97 Å². The van der Waals surface area contributed by atoms with Crippen molar-refractivity contribution in [2.75, 3.05) is 29.5 Å². The van der Waals surface area contributed by atoms with Gasteiger partial charge in [-0.2, -0.15) is 11.8 Å². The van der Waals surface area contributed by atoms with Crippen LogP contribution in [0, 0.1) is 5.82 Å². The highest BCUT2D eigenvalue weighted by molar-refractivity contribution is 7.99. The number of hydrogen-bond donors (Lipinski definition) is 1. The normalized spacial score (nSPS) is 20.1. The quantitative estimate of drug-likeness (QED) is 0.890. The standard InChI is InChI=1S/C18H19FN2O3S/c1-10-2-3-11-15-12(17(22)13(18(23)24)9-21(10)15)8-14(19)16(11)20-4-6-25-7-5-20/h8-10H,2-7H2,1H3,(H,23,24). The van der Waals surface area contributed by atoms with Crippen molar-refractivity contribution in [3.8, 4) is 0 Å². The fourth-order valence-corrected chi connectivity index (χ4v) is 4.82. The monoisotopic (exact) mass is 362 g/mol. The van der Waals surface area contributed by atoms with Crippen molar-refractivity contribution >= 4 is 34.3 Å². The zero-order chi connectivity index (χ0) is 17.7. The van der Waals surface area contributed by atoms with Crippen molar-refractivity contribution < 1.29 is 14.3 Å². The molecule has 3 heterocycles. The Morgan fingerprint density at radius 2 is 2.08 bits per heavy atom. The minimum absolute atomic E-state index is 0.0731. The first-order valence-electron chi connectivity index (χ1n) is 8.45. The molecule has 1 atom stereocenters. The van der Waals surface area contributed by atoms with Gasteiger partial charge in [-0.1, -0.05) is 0 Å². The van der Waals surface area contributed by atoms with E-state index in [0.29, 0.717) is 17.6 Å². The van der Waals surface area contributed by atoms with E-state index in [1.807, 2.05) is 23.3 Å². The number of carbonyl (C=O) groups is 1. The second kappa shape index (κ2) is 6.05. The number of nitrogens with zero attached hydrogens (tertiary/aromatic N) is 2. The Morgan fingerprint density at radius 3 is 2.76 bits per heavy atom. The van der Waals surface area contributed by atoms with Crippen LogP contribution in [0.5, 0.6) is 0 Å². The van der Waals surface area contributed by atoms with Crippen LogP contribution in [0.25, 0.3) is 10.9 Å². The first-order valence-corrected chi connectivity index (χ1v) is 9.60. The average molecular weight is 362 g/mol. The van der Waals surface area contributed by atoms with Crippen LogP contribution in [0.1, 0.15) is 35.3 Å². The van der Waals surface area contributed by atoms with Crippen LogP contribution in [0.4, 0.5) is 10.1 Å². The van der Waals surface area contributed by atoms with E-state index < -0.39 is 17.2 Å². The SMILES string of the molecule is CC1CCc2c(N3CCSCC3)c(F)cc3c(=O)c(C(=O)O)cn1c23. The van der Waals surface area contributed by atoms with Gasteiger partial charge in [-0.15, -0.1) is 0 Å². The molecule has 0 amide bonds. The van der Waals surface area contributed by atoms with Gasteiger partial charge in [0.2, 0.25) is 5.43 Å². The molecule has 1 N–H and O–H groups in total. The molecule has 1 unspecified atom stereocenters. The van der Waals surface area contributed by atoms with Gasteiger partial charge in [0.1, 0.15) is 11.4 Å². The summed E-state index contributed by atoms with van der Waals surface area (Å²) >= 11 is 1.86. The van der Waals surface area contributed by atoms with Crippen LogP contribution in [0.15, 0.2) is 17.1 Å². The minimum Gasteiger partial charge on any atom is -0.477 e. The third-order valence-electron chi connectivity index (χ3n) is 5.18. The van der Waals surface area contributed by atoms with E-state index in [4.69, 9.17) is 0 Å². The highest BCUT2D eigenvalue weighted by atomic mass is 32.2. The molecule has 4 rings (SSSR count). The fraction of sp³-hybridized carbons (Fsp3) is 0.444. The maximum absolute atomic E-state index is 15.0. The molecular formula is C18H19FN2O3S. The molecule has 1 aromatic heterocycles. The number of hydrogen-bond acceptors (Lipinski definition) is 4. The molecule has 2 aliphatic heterocycles. The highest BCUT2D eigenvalue weighted by Gasteiger charge is 2.29.